The number of pyridine rings is 1. The van der Waals surface area contributed by atoms with Gasteiger partial charge in [0, 0.05) is 25.4 Å². The van der Waals surface area contributed by atoms with Gasteiger partial charge in [0.15, 0.2) is 0 Å². The minimum absolute atomic E-state index is 0.578. The number of methoxy groups -OCH3 is 1. The number of aliphatic hydroxyl groups is 1. The van der Waals surface area contributed by atoms with E-state index in [2.05, 4.69) is 10.3 Å². The molecule has 16 heavy (non-hydrogen) atoms. The molecular formula is C12H20N2O2. The van der Waals surface area contributed by atoms with Crippen LogP contribution in [-0.4, -0.2) is 29.3 Å². The van der Waals surface area contributed by atoms with E-state index >= 15 is 0 Å². The summed E-state index contributed by atoms with van der Waals surface area (Å²) in [5.74, 6) is 0.613. The average molecular weight is 224 g/mol. The molecule has 1 aromatic heterocycles. The van der Waals surface area contributed by atoms with Crippen molar-refractivity contribution in [2.45, 2.75) is 32.4 Å². The Morgan fingerprint density at radius 3 is 2.94 bits per heavy atom. The van der Waals surface area contributed by atoms with Crippen molar-refractivity contribution >= 4 is 0 Å². The summed E-state index contributed by atoms with van der Waals surface area (Å²) in [4.78, 5) is 4.03. The molecule has 1 unspecified atom stereocenters. The maximum Gasteiger partial charge on any atom is 0.213 e. The first-order valence-electron chi connectivity index (χ1n) is 5.49. The van der Waals surface area contributed by atoms with Crippen molar-refractivity contribution < 1.29 is 9.84 Å². The van der Waals surface area contributed by atoms with E-state index in [4.69, 9.17) is 4.74 Å². The number of rotatable bonds is 6. The van der Waals surface area contributed by atoms with E-state index in [0.29, 0.717) is 19.0 Å². The molecule has 0 aromatic carbocycles. The van der Waals surface area contributed by atoms with Gasteiger partial charge < -0.3 is 15.2 Å². The zero-order valence-electron chi connectivity index (χ0n) is 10.2. The van der Waals surface area contributed by atoms with Crippen molar-refractivity contribution in [3.8, 4) is 5.88 Å². The summed E-state index contributed by atoms with van der Waals surface area (Å²) in [6, 6.07) is 3.81. The van der Waals surface area contributed by atoms with Crippen molar-refractivity contribution in [1.82, 2.24) is 10.3 Å². The summed E-state index contributed by atoms with van der Waals surface area (Å²) in [5.41, 5.74) is 0.454. The highest BCUT2D eigenvalue weighted by molar-refractivity contribution is 5.20. The van der Waals surface area contributed by atoms with Crippen LogP contribution < -0.4 is 10.1 Å². The number of nitrogens with zero attached hydrogens (tertiary/aromatic N) is 1. The summed E-state index contributed by atoms with van der Waals surface area (Å²) < 4.78 is 5.03. The molecule has 0 spiro atoms. The van der Waals surface area contributed by atoms with E-state index in [9.17, 15) is 5.11 Å². The highest BCUT2D eigenvalue weighted by Crippen LogP contribution is 2.09. The first-order chi connectivity index (χ1) is 7.57. The molecule has 0 saturated heterocycles. The Morgan fingerprint density at radius 1 is 1.56 bits per heavy atom. The van der Waals surface area contributed by atoms with Crippen LogP contribution in [0.5, 0.6) is 5.88 Å². The Balaban J connectivity index is 2.42. The number of nitrogens with one attached hydrogen (secondary N) is 1. The van der Waals surface area contributed by atoms with Gasteiger partial charge in [-0.15, -0.1) is 0 Å². The lowest BCUT2D eigenvalue weighted by Crippen LogP contribution is -2.36. The molecule has 0 amide bonds. The minimum atomic E-state index is -0.642. The molecule has 1 heterocycles. The zero-order valence-corrected chi connectivity index (χ0v) is 10.2. The third kappa shape index (κ3) is 4.16. The van der Waals surface area contributed by atoms with Gasteiger partial charge in [-0.2, -0.15) is 0 Å². The highest BCUT2D eigenvalue weighted by Gasteiger charge is 2.16. The Morgan fingerprint density at radius 2 is 2.31 bits per heavy atom. The predicted molar refractivity (Wildman–Crippen MR) is 63.4 cm³/mol. The van der Waals surface area contributed by atoms with Crippen LogP contribution in [0, 0.1) is 0 Å². The third-order valence-electron chi connectivity index (χ3n) is 2.61. The fourth-order valence-corrected chi connectivity index (χ4v) is 1.27. The van der Waals surface area contributed by atoms with Crippen LogP contribution in [0.4, 0.5) is 0 Å². The van der Waals surface area contributed by atoms with E-state index in [1.165, 1.54) is 0 Å². The fourth-order valence-electron chi connectivity index (χ4n) is 1.27. The van der Waals surface area contributed by atoms with Gasteiger partial charge in [0.05, 0.1) is 12.7 Å². The Kier molecular flexibility index (Phi) is 4.71. The topological polar surface area (TPSA) is 54.4 Å². The molecule has 2 N–H and O–H groups in total. The van der Waals surface area contributed by atoms with Crippen LogP contribution in [0.25, 0.3) is 0 Å². The summed E-state index contributed by atoms with van der Waals surface area (Å²) >= 11 is 0. The van der Waals surface area contributed by atoms with Crippen LogP contribution in [0.1, 0.15) is 25.8 Å². The molecule has 90 valence electrons. The van der Waals surface area contributed by atoms with Gasteiger partial charge in [-0.05, 0) is 25.0 Å². The number of aromatic nitrogens is 1. The van der Waals surface area contributed by atoms with Crippen molar-refractivity contribution in [3.63, 3.8) is 0 Å². The van der Waals surface area contributed by atoms with E-state index in [1.807, 2.05) is 26.0 Å². The van der Waals surface area contributed by atoms with Crippen LogP contribution >= 0.6 is 0 Å². The average Bonchev–Trinajstić information content (AvgIpc) is 2.29. The van der Waals surface area contributed by atoms with E-state index in [0.717, 1.165) is 12.0 Å². The van der Waals surface area contributed by atoms with Gasteiger partial charge in [0.2, 0.25) is 5.88 Å². The molecular weight excluding hydrogens is 204 g/mol. The standard InChI is InChI=1S/C12H20N2O2/c1-4-12(2,15)9-13-8-10-5-6-14-11(7-10)16-3/h5-7,13,15H,4,8-9H2,1-3H3. The van der Waals surface area contributed by atoms with Crippen LogP contribution in [0.15, 0.2) is 18.3 Å². The molecule has 4 heteroatoms. The maximum atomic E-state index is 9.80. The Hall–Kier alpha value is -1.13. The summed E-state index contributed by atoms with van der Waals surface area (Å²) in [6.07, 6.45) is 2.45. The molecule has 0 aliphatic carbocycles. The van der Waals surface area contributed by atoms with Gasteiger partial charge in [-0.3, -0.25) is 0 Å². The van der Waals surface area contributed by atoms with Crippen molar-refractivity contribution in [3.05, 3.63) is 23.9 Å². The van der Waals surface area contributed by atoms with E-state index in [-0.39, 0.29) is 0 Å². The molecule has 0 fully saturated rings. The molecule has 4 nitrogen and oxygen atoms in total. The lowest BCUT2D eigenvalue weighted by Gasteiger charge is -2.21. The Labute approximate surface area is 96.7 Å². The summed E-state index contributed by atoms with van der Waals surface area (Å²) in [6.45, 7) is 5.08. The molecule has 1 rings (SSSR count). The second kappa shape index (κ2) is 5.82. The second-order valence-corrected chi connectivity index (χ2v) is 4.16. The maximum absolute atomic E-state index is 9.80. The van der Waals surface area contributed by atoms with Gasteiger partial charge in [-0.25, -0.2) is 4.98 Å². The van der Waals surface area contributed by atoms with E-state index in [1.54, 1.807) is 13.3 Å². The molecule has 0 saturated carbocycles. The first kappa shape index (κ1) is 12.9. The fraction of sp³-hybridized carbons (Fsp3) is 0.583. The van der Waals surface area contributed by atoms with Crippen LogP contribution in [0.3, 0.4) is 0 Å². The van der Waals surface area contributed by atoms with Gasteiger partial charge in [-0.1, -0.05) is 6.92 Å². The molecule has 0 aliphatic rings. The SMILES string of the molecule is CCC(C)(O)CNCc1ccnc(OC)c1. The van der Waals surface area contributed by atoms with E-state index < -0.39 is 5.60 Å². The molecule has 1 aromatic rings. The lowest BCUT2D eigenvalue weighted by atomic mass is 10.0. The van der Waals surface area contributed by atoms with Crippen molar-refractivity contribution in [2.24, 2.45) is 0 Å². The normalized spacial score (nSPS) is 14.5. The van der Waals surface area contributed by atoms with Gasteiger partial charge in [0.1, 0.15) is 0 Å². The quantitative estimate of drug-likeness (QED) is 0.765. The largest absolute Gasteiger partial charge is 0.481 e. The molecule has 0 radical (unpaired) electrons. The third-order valence-corrected chi connectivity index (χ3v) is 2.61. The monoisotopic (exact) mass is 224 g/mol. The first-order valence-corrected chi connectivity index (χ1v) is 5.49. The molecule has 0 bridgehead atoms. The highest BCUT2D eigenvalue weighted by atomic mass is 16.5. The number of hydrogen-bond donors (Lipinski definition) is 2. The number of ether oxygens (including phenoxy) is 1. The molecule has 1 atom stereocenters. The van der Waals surface area contributed by atoms with Crippen LogP contribution in [0.2, 0.25) is 0 Å². The van der Waals surface area contributed by atoms with Gasteiger partial charge >= 0.3 is 0 Å². The smallest absolute Gasteiger partial charge is 0.213 e. The zero-order chi connectivity index (χ0) is 12.0. The number of hydrogen-bond acceptors (Lipinski definition) is 4. The Bertz CT molecular complexity index is 327. The molecule has 0 aliphatic heterocycles. The minimum Gasteiger partial charge on any atom is -0.481 e. The van der Waals surface area contributed by atoms with Crippen LogP contribution in [-0.2, 0) is 6.54 Å². The van der Waals surface area contributed by atoms with Gasteiger partial charge in [0.25, 0.3) is 0 Å². The second-order valence-electron chi connectivity index (χ2n) is 4.16. The summed E-state index contributed by atoms with van der Waals surface area (Å²) in [7, 11) is 1.60. The summed E-state index contributed by atoms with van der Waals surface area (Å²) in [5, 5.41) is 13.0. The van der Waals surface area contributed by atoms with Crippen molar-refractivity contribution in [1.29, 1.82) is 0 Å². The predicted octanol–water partition coefficient (Wildman–Crippen LogP) is 1.34. The van der Waals surface area contributed by atoms with Crippen molar-refractivity contribution in [2.75, 3.05) is 13.7 Å². The lowest BCUT2D eigenvalue weighted by molar-refractivity contribution is 0.0555.